The summed E-state index contributed by atoms with van der Waals surface area (Å²) in [6, 6.07) is 15.9. The topological polar surface area (TPSA) is 84.7 Å². The summed E-state index contributed by atoms with van der Waals surface area (Å²) in [4.78, 5) is 12.1. The molecule has 4 rings (SSSR count). The van der Waals surface area contributed by atoms with Gasteiger partial charge in [-0.25, -0.2) is 4.68 Å². The number of nitrogens with one attached hydrogen (secondary N) is 2. The number of halogens is 1. The molecule has 1 fully saturated rings. The molecule has 0 atom stereocenters. The summed E-state index contributed by atoms with van der Waals surface area (Å²) in [5.74, 6) is 0.698. The van der Waals surface area contributed by atoms with Gasteiger partial charge in [-0.1, -0.05) is 6.07 Å². The van der Waals surface area contributed by atoms with Crippen molar-refractivity contribution in [3.8, 4) is 11.4 Å². The van der Waals surface area contributed by atoms with Gasteiger partial charge in [0.05, 0.1) is 12.6 Å². The number of tetrazole rings is 1. The van der Waals surface area contributed by atoms with Crippen LogP contribution in [0, 0.1) is 3.57 Å². The Morgan fingerprint density at radius 3 is 2.69 bits per heavy atom. The number of anilines is 2. The van der Waals surface area contributed by atoms with Crippen molar-refractivity contribution < 1.29 is 4.79 Å². The number of amides is 1. The lowest BCUT2D eigenvalue weighted by atomic mass is 10.2. The van der Waals surface area contributed by atoms with E-state index >= 15 is 0 Å². The van der Waals surface area contributed by atoms with E-state index < -0.39 is 0 Å². The van der Waals surface area contributed by atoms with Crippen molar-refractivity contribution in [2.24, 2.45) is 0 Å². The highest BCUT2D eigenvalue weighted by molar-refractivity contribution is 14.1. The summed E-state index contributed by atoms with van der Waals surface area (Å²) >= 11 is 2.22. The number of aromatic nitrogens is 4. The second-order valence-corrected chi connectivity index (χ2v) is 7.41. The Labute approximate surface area is 164 Å². The Bertz CT molecular complexity index is 919. The summed E-state index contributed by atoms with van der Waals surface area (Å²) in [5.41, 5.74) is 2.64. The van der Waals surface area contributed by atoms with Crippen LogP contribution in [-0.4, -0.2) is 32.7 Å². The number of hydrogen-bond donors (Lipinski definition) is 2. The van der Waals surface area contributed by atoms with Gasteiger partial charge in [0, 0.05) is 20.5 Å². The van der Waals surface area contributed by atoms with E-state index in [1.165, 1.54) is 0 Å². The van der Waals surface area contributed by atoms with E-state index in [4.69, 9.17) is 0 Å². The molecule has 8 heteroatoms. The molecular formula is C18H17IN6O. The van der Waals surface area contributed by atoms with E-state index in [2.05, 4.69) is 48.7 Å². The number of rotatable bonds is 6. The normalized spacial score (nSPS) is 13.4. The maximum Gasteiger partial charge on any atom is 0.243 e. The van der Waals surface area contributed by atoms with Crippen molar-refractivity contribution in [3.05, 3.63) is 52.1 Å². The van der Waals surface area contributed by atoms with Crippen LogP contribution in [0.2, 0.25) is 0 Å². The molecule has 0 saturated heterocycles. The molecular weight excluding hydrogens is 443 g/mol. The van der Waals surface area contributed by atoms with Gasteiger partial charge < -0.3 is 10.6 Å². The van der Waals surface area contributed by atoms with Crippen LogP contribution in [0.25, 0.3) is 11.4 Å². The van der Waals surface area contributed by atoms with Crippen LogP contribution in [0.15, 0.2) is 48.5 Å². The van der Waals surface area contributed by atoms with Gasteiger partial charge in [-0.05, 0) is 88.3 Å². The van der Waals surface area contributed by atoms with Gasteiger partial charge in [0.15, 0.2) is 5.82 Å². The van der Waals surface area contributed by atoms with Crippen LogP contribution in [0.1, 0.15) is 18.9 Å². The SMILES string of the molecule is O=C(CNc1ccc(-c2nnnn2C2CC2)cc1)Nc1cccc(I)c1. The summed E-state index contributed by atoms with van der Waals surface area (Å²) in [7, 11) is 0. The molecule has 2 aromatic carbocycles. The average molecular weight is 460 g/mol. The molecule has 3 aromatic rings. The zero-order valence-electron chi connectivity index (χ0n) is 13.9. The van der Waals surface area contributed by atoms with E-state index in [0.717, 1.165) is 39.2 Å². The van der Waals surface area contributed by atoms with E-state index in [9.17, 15) is 4.79 Å². The van der Waals surface area contributed by atoms with Gasteiger partial charge >= 0.3 is 0 Å². The molecule has 1 heterocycles. The Kier molecular flexibility index (Phi) is 4.83. The van der Waals surface area contributed by atoms with Crippen molar-refractivity contribution in [3.63, 3.8) is 0 Å². The maximum absolute atomic E-state index is 12.1. The molecule has 0 spiro atoms. The number of carbonyl (C=O) groups is 1. The second kappa shape index (κ2) is 7.40. The lowest BCUT2D eigenvalue weighted by molar-refractivity contribution is -0.114. The van der Waals surface area contributed by atoms with Crippen molar-refractivity contribution in [1.82, 2.24) is 20.2 Å². The smallest absolute Gasteiger partial charge is 0.243 e. The zero-order chi connectivity index (χ0) is 17.9. The molecule has 0 unspecified atom stereocenters. The van der Waals surface area contributed by atoms with Crippen LogP contribution < -0.4 is 10.6 Å². The van der Waals surface area contributed by atoms with Crippen molar-refractivity contribution in [1.29, 1.82) is 0 Å². The quantitative estimate of drug-likeness (QED) is 0.552. The zero-order valence-corrected chi connectivity index (χ0v) is 16.1. The van der Waals surface area contributed by atoms with Gasteiger partial charge in [0.1, 0.15) is 0 Å². The Morgan fingerprint density at radius 2 is 1.96 bits per heavy atom. The largest absolute Gasteiger partial charge is 0.376 e. The second-order valence-electron chi connectivity index (χ2n) is 6.17. The molecule has 1 aliphatic rings. The standard InChI is InChI=1S/C18H17IN6O/c19-13-2-1-3-15(10-13)21-17(26)11-20-14-6-4-12(5-7-14)18-22-23-24-25(18)16-8-9-16/h1-7,10,16,20H,8-9,11H2,(H,21,26). The molecule has 0 radical (unpaired) electrons. The van der Waals surface area contributed by atoms with Gasteiger partial charge in [0.25, 0.3) is 0 Å². The first kappa shape index (κ1) is 17.0. The third kappa shape index (κ3) is 4.01. The molecule has 0 bridgehead atoms. The summed E-state index contributed by atoms with van der Waals surface area (Å²) in [6.45, 7) is 0.199. The molecule has 0 aliphatic heterocycles. The summed E-state index contributed by atoms with van der Waals surface area (Å²) < 4.78 is 2.97. The lowest BCUT2D eigenvalue weighted by Gasteiger charge is -2.09. The first-order valence-electron chi connectivity index (χ1n) is 8.36. The van der Waals surface area contributed by atoms with E-state index in [1.807, 2.05) is 53.2 Å². The summed E-state index contributed by atoms with van der Waals surface area (Å²) in [6.07, 6.45) is 2.26. The average Bonchev–Trinajstić information content (AvgIpc) is 3.37. The number of carbonyl (C=O) groups excluding carboxylic acids is 1. The molecule has 1 saturated carbocycles. The predicted molar refractivity (Wildman–Crippen MR) is 108 cm³/mol. The number of hydrogen-bond acceptors (Lipinski definition) is 5. The fourth-order valence-corrected chi connectivity index (χ4v) is 3.18. The van der Waals surface area contributed by atoms with E-state index in [-0.39, 0.29) is 12.5 Å². The molecule has 1 aromatic heterocycles. The fourth-order valence-electron chi connectivity index (χ4n) is 2.64. The van der Waals surface area contributed by atoms with Gasteiger partial charge in [-0.3, -0.25) is 4.79 Å². The summed E-state index contributed by atoms with van der Waals surface area (Å²) in [5, 5.41) is 18.0. The molecule has 132 valence electrons. The van der Waals surface area contributed by atoms with E-state index in [0.29, 0.717) is 6.04 Å². The van der Waals surface area contributed by atoms with Gasteiger partial charge in [-0.2, -0.15) is 0 Å². The van der Waals surface area contributed by atoms with Crippen LogP contribution in [0.5, 0.6) is 0 Å². The van der Waals surface area contributed by atoms with Crippen LogP contribution >= 0.6 is 22.6 Å². The third-order valence-electron chi connectivity index (χ3n) is 4.09. The first-order chi connectivity index (χ1) is 12.7. The Morgan fingerprint density at radius 1 is 1.15 bits per heavy atom. The van der Waals surface area contributed by atoms with Crippen LogP contribution in [0.3, 0.4) is 0 Å². The van der Waals surface area contributed by atoms with Crippen LogP contribution in [-0.2, 0) is 4.79 Å². The first-order valence-corrected chi connectivity index (χ1v) is 9.44. The van der Waals surface area contributed by atoms with Crippen LogP contribution in [0.4, 0.5) is 11.4 Å². The molecule has 26 heavy (non-hydrogen) atoms. The molecule has 7 nitrogen and oxygen atoms in total. The minimum atomic E-state index is -0.0891. The highest BCUT2D eigenvalue weighted by Crippen LogP contribution is 2.36. The fraction of sp³-hybridized carbons (Fsp3) is 0.222. The number of benzene rings is 2. The molecule has 2 N–H and O–H groups in total. The Balaban J connectivity index is 1.35. The van der Waals surface area contributed by atoms with Crippen molar-refractivity contribution in [2.75, 3.05) is 17.2 Å². The molecule has 1 amide bonds. The molecule has 1 aliphatic carbocycles. The minimum absolute atomic E-state index is 0.0891. The van der Waals surface area contributed by atoms with Crippen molar-refractivity contribution in [2.45, 2.75) is 18.9 Å². The highest BCUT2D eigenvalue weighted by atomic mass is 127. The van der Waals surface area contributed by atoms with Gasteiger partial charge in [0.2, 0.25) is 5.91 Å². The van der Waals surface area contributed by atoms with Gasteiger partial charge in [-0.15, -0.1) is 5.10 Å². The monoisotopic (exact) mass is 460 g/mol. The highest BCUT2D eigenvalue weighted by Gasteiger charge is 2.28. The lowest BCUT2D eigenvalue weighted by Crippen LogP contribution is -2.21. The third-order valence-corrected chi connectivity index (χ3v) is 4.76. The minimum Gasteiger partial charge on any atom is -0.376 e. The Hall–Kier alpha value is -2.49. The maximum atomic E-state index is 12.1. The number of nitrogens with zero attached hydrogens (tertiary/aromatic N) is 4. The van der Waals surface area contributed by atoms with E-state index in [1.54, 1.807) is 0 Å². The predicted octanol–water partition coefficient (Wildman–Crippen LogP) is 3.33. The van der Waals surface area contributed by atoms with Crippen molar-refractivity contribution >= 4 is 39.9 Å².